The molecular formula is C29H40FN3O4. The van der Waals surface area contributed by atoms with Crippen LogP contribution in [0.2, 0.25) is 0 Å². The molecule has 0 atom stereocenters. The Bertz CT molecular complexity index is 1100. The second kappa shape index (κ2) is 12.5. The first-order chi connectivity index (χ1) is 17.8. The zero-order chi connectivity index (χ0) is 27.2. The minimum atomic E-state index is -0.898. The summed E-state index contributed by atoms with van der Waals surface area (Å²) in [6.45, 7) is 10.3. The molecule has 2 heterocycles. The zero-order valence-electron chi connectivity index (χ0n) is 23.0. The van der Waals surface area contributed by atoms with Gasteiger partial charge in [-0.25, -0.2) is 9.18 Å². The van der Waals surface area contributed by atoms with Gasteiger partial charge in [0.25, 0.3) is 5.91 Å². The summed E-state index contributed by atoms with van der Waals surface area (Å²) >= 11 is 0. The summed E-state index contributed by atoms with van der Waals surface area (Å²) in [7, 11) is 3.18. The Balaban J connectivity index is 0.00000186. The van der Waals surface area contributed by atoms with E-state index < -0.39 is 5.54 Å². The molecule has 4 rings (SSSR count). The highest BCUT2D eigenvalue weighted by Crippen LogP contribution is 2.38. The Morgan fingerprint density at radius 2 is 1.65 bits per heavy atom. The number of aryl methyl sites for hydroxylation is 2. The van der Waals surface area contributed by atoms with E-state index in [1.165, 1.54) is 4.90 Å². The van der Waals surface area contributed by atoms with Crippen molar-refractivity contribution in [3.8, 4) is 5.75 Å². The van der Waals surface area contributed by atoms with Crippen molar-refractivity contribution in [3.05, 3.63) is 64.5 Å². The maximum Gasteiger partial charge on any atom is 0.328 e. The second-order valence-corrected chi connectivity index (χ2v) is 9.47. The normalized spacial score (nSPS) is 17.3. The lowest BCUT2D eigenvalue weighted by Crippen LogP contribution is -2.57. The van der Waals surface area contributed by atoms with E-state index in [2.05, 4.69) is 4.90 Å². The Labute approximate surface area is 220 Å². The molecule has 0 unspecified atom stereocenters. The lowest BCUT2D eigenvalue weighted by molar-refractivity contribution is -0.136. The van der Waals surface area contributed by atoms with Gasteiger partial charge in [-0.2, -0.15) is 0 Å². The van der Waals surface area contributed by atoms with E-state index in [1.54, 1.807) is 32.1 Å². The van der Waals surface area contributed by atoms with Gasteiger partial charge in [0.05, 0.1) is 20.3 Å². The highest BCUT2D eigenvalue weighted by molar-refractivity contribution is 6.07. The van der Waals surface area contributed by atoms with Crippen molar-refractivity contribution in [1.29, 1.82) is 0 Å². The van der Waals surface area contributed by atoms with Crippen molar-refractivity contribution in [1.82, 2.24) is 14.7 Å². The number of benzene rings is 2. The second-order valence-electron chi connectivity index (χ2n) is 9.47. The van der Waals surface area contributed by atoms with Gasteiger partial charge < -0.3 is 14.4 Å². The van der Waals surface area contributed by atoms with Crippen LogP contribution in [-0.2, 0) is 22.6 Å². The number of hydrogen-bond donors (Lipinski definition) is 0. The highest BCUT2D eigenvalue weighted by atomic mass is 19.1. The number of rotatable bonds is 8. The number of carbonyl (C=O) groups is 2. The lowest BCUT2D eigenvalue weighted by Gasteiger charge is -2.42. The first-order valence-corrected chi connectivity index (χ1v) is 13.0. The third kappa shape index (κ3) is 5.80. The van der Waals surface area contributed by atoms with E-state index in [9.17, 15) is 14.0 Å². The number of urea groups is 1. The van der Waals surface area contributed by atoms with E-state index in [4.69, 9.17) is 9.47 Å². The number of amides is 3. The maximum atomic E-state index is 14.8. The number of piperidine rings is 1. The van der Waals surface area contributed by atoms with Crippen LogP contribution in [0.3, 0.4) is 0 Å². The smallest absolute Gasteiger partial charge is 0.328 e. The molecule has 202 valence electrons. The molecule has 37 heavy (non-hydrogen) atoms. The molecule has 1 spiro atoms. The van der Waals surface area contributed by atoms with Gasteiger partial charge in [0.15, 0.2) is 0 Å². The molecule has 2 aliphatic heterocycles. The number of hydrogen-bond acceptors (Lipinski definition) is 5. The van der Waals surface area contributed by atoms with Gasteiger partial charge in [-0.05, 0) is 55.5 Å². The molecule has 7 nitrogen and oxygen atoms in total. The predicted molar refractivity (Wildman–Crippen MR) is 142 cm³/mol. The number of nitrogens with zero attached hydrogens (tertiary/aromatic N) is 3. The summed E-state index contributed by atoms with van der Waals surface area (Å²) in [6, 6.07) is 10.9. The van der Waals surface area contributed by atoms with Gasteiger partial charge >= 0.3 is 6.03 Å². The fraction of sp³-hybridized carbons (Fsp3) is 0.517. The van der Waals surface area contributed by atoms with Crippen LogP contribution in [0.4, 0.5) is 9.18 Å². The van der Waals surface area contributed by atoms with Crippen molar-refractivity contribution in [2.24, 2.45) is 0 Å². The third-order valence-corrected chi connectivity index (χ3v) is 7.35. The molecule has 3 amide bonds. The molecule has 2 aromatic rings. The van der Waals surface area contributed by atoms with Gasteiger partial charge in [0.2, 0.25) is 0 Å². The number of ether oxygens (including phenoxy) is 2. The SMILES string of the molecule is CC.COCCN1C(=O)N(Cc2cccc(OC)c2)C(=O)C12CCN(Cc1c(C)ccc(C)c1F)CC2. The molecule has 0 radical (unpaired) electrons. The van der Waals surface area contributed by atoms with Crippen LogP contribution in [0.1, 0.15) is 48.9 Å². The fourth-order valence-corrected chi connectivity index (χ4v) is 5.18. The molecule has 0 aromatic heterocycles. The fourth-order valence-electron chi connectivity index (χ4n) is 5.18. The van der Waals surface area contributed by atoms with Crippen molar-refractivity contribution >= 4 is 11.9 Å². The standard InChI is InChI=1S/C27H34FN3O4.C2H6/c1-19-8-9-20(2)24(28)23(19)18-29-12-10-27(11-13-29)25(32)30(26(33)31(27)14-15-34-3)17-21-6-5-7-22(16-21)35-4;1-2/h5-9,16H,10-15,17-18H2,1-4H3;1-2H3. The summed E-state index contributed by atoms with van der Waals surface area (Å²) in [4.78, 5) is 32.4. The van der Waals surface area contributed by atoms with E-state index >= 15 is 0 Å². The van der Waals surface area contributed by atoms with E-state index in [0.29, 0.717) is 62.5 Å². The first-order valence-electron chi connectivity index (χ1n) is 13.0. The molecular weight excluding hydrogens is 473 g/mol. The molecule has 0 aliphatic carbocycles. The van der Waals surface area contributed by atoms with E-state index in [1.807, 2.05) is 51.1 Å². The van der Waals surface area contributed by atoms with Crippen LogP contribution >= 0.6 is 0 Å². The van der Waals surface area contributed by atoms with E-state index in [-0.39, 0.29) is 24.3 Å². The number of carbonyl (C=O) groups excluding carboxylic acids is 2. The maximum absolute atomic E-state index is 14.8. The highest BCUT2D eigenvalue weighted by Gasteiger charge is 2.57. The molecule has 2 aliphatic rings. The summed E-state index contributed by atoms with van der Waals surface area (Å²) in [6.07, 6.45) is 1.00. The first kappa shape index (κ1) is 28.6. The van der Waals surface area contributed by atoms with Crippen molar-refractivity contribution in [3.63, 3.8) is 0 Å². The number of halogens is 1. The average molecular weight is 514 g/mol. The molecule has 0 saturated carbocycles. The summed E-state index contributed by atoms with van der Waals surface area (Å²) in [5.41, 5.74) is 2.19. The molecule has 0 bridgehead atoms. The summed E-state index contributed by atoms with van der Waals surface area (Å²) < 4.78 is 25.3. The number of methoxy groups -OCH3 is 2. The number of likely N-dealkylation sites (tertiary alicyclic amines) is 1. The third-order valence-electron chi connectivity index (χ3n) is 7.35. The minimum absolute atomic E-state index is 0.163. The van der Waals surface area contributed by atoms with Crippen LogP contribution in [-0.4, -0.2) is 72.6 Å². The van der Waals surface area contributed by atoms with Crippen LogP contribution in [0.25, 0.3) is 0 Å². The minimum Gasteiger partial charge on any atom is -0.497 e. The van der Waals surface area contributed by atoms with E-state index in [0.717, 1.165) is 11.1 Å². The Hall–Kier alpha value is -2.97. The largest absolute Gasteiger partial charge is 0.497 e. The Morgan fingerprint density at radius 3 is 2.30 bits per heavy atom. The van der Waals surface area contributed by atoms with Crippen LogP contribution in [0.5, 0.6) is 5.75 Å². The molecule has 8 heteroatoms. The van der Waals surface area contributed by atoms with Gasteiger partial charge in [-0.3, -0.25) is 14.6 Å². The topological polar surface area (TPSA) is 62.3 Å². The van der Waals surface area contributed by atoms with Crippen LogP contribution in [0.15, 0.2) is 36.4 Å². The predicted octanol–water partition coefficient (Wildman–Crippen LogP) is 4.92. The molecule has 0 N–H and O–H groups in total. The zero-order valence-corrected chi connectivity index (χ0v) is 23.0. The van der Waals surface area contributed by atoms with Crippen molar-refractivity contribution in [2.45, 2.75) is 59.2 Å². The average Bonchev–Trinajstić information content (AvgIpc) is 3.10. The lowest BCUT2D eigenvalue weighted by atomic mass is 9.85. The quantitative estimate of drug-likeness (QED) is 0.469. The van der Waals surface area contributed by atoms with Crippen LogP contribution < -0.4 is 4.74 Å². The van der Waals surface area contributed by atoms with Gasteiger partial charge in [-0.1, -0.05) is 38.1 Å². The van der Waals surface area contributed by atoms with Crippen LogP contribution in [0, 0.1) is 19.7 Å². The Kier molecular flexibility index (Phi) is 9.68. The van der Waals surface area contributed by atoms with Crippen molar-refractivity contribution < 1.29 is 23.5 Å². The summed E-state index contributed by atoms with van der Waals surface area (Å²) in [5, 5.41) is 0. The molecule has 2 saturated heterocycles. The van der Waals surface area contributed by atoms with Gasteiger partial charge in [0, 0.05) is 38.9 Å². The monoisotopic (exact) mass is 513 g/mol. The molecule has 2 fully saturated rings. The van der Waals surface area contributed by atoms with Gasteiger partial charge in [0.1, 0.15) is 17.1 Å². The molecule has 2 aromatic carbocycles. The number of imide groups is 1. The van der Waals surface area contributed by atoms with Gasteiger partial charge in [-0.15, -0.1) is 0 Å². The summed E-state index contributed by atoms with van der Waals surface area (Å²) in [5.74, 6) is 0.349. The van der Waals surface area contributed by atoms with Crippen molar-refractivity contribution in [2.75, 3.05) is 40.5 Å². The Morgan fingerprint density at radius 1 is 0.973 bits per heavy atom.